The molecule has 2 aromatic carbocycles. The van der Waals surface area contributed by atoms with Crippen LogP contribution in [0.3, 0.4) is 0 Å². The maximum Gasteiger partial charge on any atom is 0.326 e. The van der Waals surface area contributed by atoms with Gasteiger partial charge in [-0.05, 0) is 36.1 Å². The summed E-state index contributed by atoms with van der Waals surface area (Å²) in [6.07, 6.45) is 2.02. The Morgan fingerprint density at radius 2 is 1.73 bits per heavy atom. The third-order valence-electron chi connectivity index (χ3n) is 3.95. The van der Waals surface area contributed by atoms with Crippen LogP contribution in [0, 0.1) is 0 Å². The number of benzene rings is 2. The summed E-state index contributed by atoms with van der Waals surface area (Å²) in [5.74, 6) is -0.479. The Morgan fingerprint density at radius 3 is 2.35 bits per heavy atom. The number of carboxylic acids is 1. The summed E-state index contributed by atoms with van der Waals surface area (Å²) >= 11 is 0. The van der Waals surface area contributed by atoms with E-state index in [1.54, 1.807) is 0 Å². The number of carbonyl (C=O) groups excluding carboxylic acids is 1. The van der Waals surface area contributed by atoms with Gasteiger partial charge in [0, 0.05) is 12.8 Å². The summed E-state index contributed by atoms with van der Waals surface area (Å²) in [6.45, 7) is 2.73. The van der Waals surface area contributed by atoms with Gasteiger partial charge in [0.1, 0.15) is 11.8 Å². The topological polar surface area (TPSA) is 75.6 Å². The minimum absolute atomic E-state index is 0.244. The number of hydrogen-bond acceptors (Lipinski definition) is 3. The van der Waals surface area contributed by atoms with Crippen molar-refractivity contribution in [2.75, 3.05) is 6.61 Å². The molecule has 5 heteroatoms. The molecule has 26 heavy (non-hydrogen) atoms. The van der Waals surface area contributed by atoms with Crippen LogP contribution in [-0.4, -0.2) is 29.6 Å². The Kier molecular flexibility index (Phi) is 7.68. The zero-order valence-electron chi connectivity index (χ0n) is 15.0. The normalized spacial score (nSPS) is 11.6. The monoisotopic (exact) mass is 355 g/mol. The van der Waals surface area contributed by atoms with Crippen LogP contribution in [0.2, 0.25) is 0 Å². The highest BCUT2D eigenvalue weighted by molar-refractivity contribution is 5.83. The summed E-state index contributed by atoms with van der Waals surface area (Å²) < 4.78 is 5.53. The molecule has 0 fully saturated rings. The molecule has 0 unspecified atom stereocenters. The predicted molar refractivity (Wildman–Crippen MR) is 100 cm³/mol. The van der Waals surface area contributed by atoms with Gasteiger partial charge in [0.05, 0.1) is 6.61 Å². The smallest absolute Gasteiger partial charge is 0.326 e. The van der Waals surface area contributed by atoms with Gasteiger partial charge in [-0.3, -0.25) is 4.79 Å². The maximum atomic E-state index is 12.1. The predicted octanol–water partition coefficient (Wildman–Crippen LogP) is 3.22. The lowest BCUT2D eigenvalue weighted by atomic mass is 10.1. The lowest BCUT2D eigenvalue weighted by Crippen LogP contribution is -2.42. The number of rotatable bonds is 10. The van der Waals surface area contributed by atoms with Gasteiger partial charge < -0.3 is 15.2 Å². The standard InChI is InChI=1S/C21H25NO4/c1-2-14-26-18-11-8-16(9-12-18)10-13-20(23)22-19(21(24)25)15-17-6-4-3-5-7-17/h3-9,11-12,19H,2,10,13-15H2,1H3,(H,22,23)(H,24,25)/t19-/m1/s1. The number of hydrogen-bond donors (Lipinski definition) is 2. The van der Waals surface area contributed by atoms with Crippen LogP contribution in [-0.2, 0) is 22.4 Å². The fraction of sp³-hybridized carbons (Fsp3) is 0.333. The van der Waals surface area contributed by atoms with Crippen LogP contribution in [0.1, 0.15) is 30.9 Å². The largest absolute Gasteiger partial charge is 0.494 e. The lowest BCUT2D eigenvalue weighted by molar-refractivity contribution is -0.141. The Labute approximate surface area is 154 Å². The highest BCUT2D eigenvalue weighted by atomic mass is 16.5. The van der Waals surface area contributed by atoms with Crippen LogP contribution in [0.4, 0.5) is 0 Å². The Balaban J connectivity index is 1.83. The quantitative estimate of drug-likeness (QED) is 0.686. The third kappa shape index (κ3) is 6.59. The van der Waals surface area contributed by atoms with Crippen molar-refractivity contribution < 1.29 is 19.4 Å². The molecule has 0 aromatic heterocycles. The van der Waals surface area contributed by atoms with Gasteiger partial charge in [-0.1, -0.05) is 49.4 Å². The van der Waals surface area contributed by atoms with Crippen molar-refractivity contribution in [3.8, 4) is 5.75 Å². The highest BCUT2D eigenvalue weighted by Crippen LogP contribution is 2.14. The van der Waals surface area contributed by atoms with Crippen molar-refractivity contribution in [3.63, 3.8) is 0 Å². The number of aliphatic carboxylic acids is 1. The fourth-order valence-electron chi connectivity index (χ4n) is 2.55. The van der Waals surface area contributed by atoms with E-state index >= 15 is 0 Å². The highest BCUT2D eigenvalue weighted by Gasteiger charge is 2.20. The second kappa shape index (κ2) is 10.2. The Morgan fingerprint density at radius 1 is 1.04 bits per heavy atom. The van der Waals surface area contributed by atoms with Gasteiger partial charge in [-0.25, -0.2) is 4.79 Å². The Hall–Kier alpha value is -2.82. The molecule has 0 heterocycles. The van der Waals surface area contributed by atoms with E-state index in [1.165, 1.54) is 0 Å². The number of nitrogens with one attached hydrogen (secondary N) is 1. The number of ether oxygens (including phenoxy) is 1. The summed E-state index contributed by atoms with van der Waals surface area (Å²) in [6, 6.07) is 16.0. The van der Waals surface area contributed by atoms with Crippen LogP contribution in [0.15, 0.2) is 54.6 Å². The number of aryl methyl sites for hydroxylation is 1. The molecule has 0 aliphatic heterocycles. The van der Waals surface area contributed by atoms with Crippen LogP contribution in [0.5, 0.6) is 5.75 Å². The van der Waals surface area contributed by atoms with Crippen molar-refractivity contribution in [2.24, 2.45) is 0 Å². The van der Waals surface area contributed by atoms with Gasteiger partial charge >= 0.3 is 5.97 Å². The van der Waals surface area contributed by atoms with Crippen molar-refractivity contribution >= 4 is 11.9 Å². The van der Waals surface area contributed by atoms with Crippen molar-refractivity contribution in [2.45, 2.75) is 38.6 Å². The molecule has 138 valence electrons. The van der Waals surface area contributed by atoms with E-state index in [0.29, 0.717) is 13.0 Å². The molecule has 0 radical (unpaired) electrons. The summed E-state index contributed by atoms with van der Waals surface area (Å²) in [5.41, 5.74) is 1.89. The molecule has 1 atom stereocenters. The first-order valence-corrected chi connectivity index (χ1v) is 8.86. The molecule has 2 aromatic rings. The molecule has 0 bridgehead atoms. The average molecular weight is 355 g/mol. The molecular formula is C21H25NO4. The Bertz CT molecular complexity index is 698. The molecule has 2 rings (SSSR count). The van der Waals surface area contributed by atoms with E-state index in [9.17, 15) is 14.7 Å². The number of carbonyl (C=O) groups is 2. The van der Waals surface area contributed by atoms with Crippen molar-refractivity contribution in [1.29, 1.82) is 0 Å². The van der Waals surface area contributed by atoms with E-state index in [2.05, 4.69) is 12.2 Å². The molecule has 5 nitrogen and oxygen atoms in total. The minimum atomic E-state index is -1.03. The molecular weight excluding hydrogens is 330 g/mol. The number of carboxylic acid groups (broad SMARTS) is 1. The van der Waals surface area contributed by atoms with E-state index in [1.807, 2.05) is 54.6 Å². The zero-order valence-corrected chi connectivity index (χ0v) is 15.0. The van der Waals surface area contributed by atoms with Crippen molar-refractivity contribution in [1.82, 2.24) is 5.32 Å². The molecule has 1 amide bonds. The third-order valence-corrected chi connectivity index (χ3v) is 3.95. The molecule has 0 aliphatic rings. The van der Waals surface area contributed by atoms with E-state index in [-0.39, 0.29) is 18.7 Å². The molecule has 0 saturated carbocycles. The van der Waals surface area contributed by atoms with E-state index in [4.69, 9.17) is 4.74 Å². The van der Waals surface area contributed by atoms with E-state index in [0.717, 1.165) is 23.3 Å². The van der Waals surface area contributed by atoms with Gasteiger partial charge in [0.25, 0.3) is 0 Å². The molecule has 0 aliphatic carbocycles. The van der Waals surface area contributed by atoms with Crippen LogP contribution in [0.25, 0.3) is 0 Å². The minimum Gasteiger partial charge on any atom is -0.494 e. The summed E-state index contributed by atoms with van der Waals surface area (Å²) in [4.78, 5) is 23.5. The number of amides is 1. The van der Waals surface area contributed by atoms with Crippen molar-refractivity contribution in [3.05, 3.63) is 65.7 Å². The van der Waals surface area contributed by atoms with E-state index < -0.39 is 12.0 Å². The summed E-state index contributed by atoms with van der Waals surface area (Å²) in [5, 5.41) is 12.0. The molecule has 0 spiro atoms. The van der Waals surface area contributed by atoms with Crippen LogP contribution < -0.4 is 10.1 Å². The molecule has 0 saturated heterocycles. The zero-order chi connectivity index (χ0) is 18.8. The first-order valence-electron chi connectivity index (χ1n) is 8.86. The lowest BCUT2D eigenvalue weighted by Gasteiger charge is -2.14. The molecule has 2 N–H and O–H groups in total. The van der Waals surface area contributed by atoms with Gasteiger partial charge in [-0.15, -0.1) is 0 Å². The summed E-state index contributed by atoms with van der Waals surface area (Å²) in [7, 11) is 0. The second-order valence-electron chi connectivity index (χ2n) is 6.14. The van der Waals surface area contributed by atoms with Gasteiger partial charge in [-0.2, -0.15) is 0 Å². The van der Waals surface area contributed by atoms with Gasteiger partial charge in [0.2, 0.25) is 5.91 Å². The first-order chi connectivity index (χ1) is 12.6. The second-order valence-corrected chi connectivity index (χ2v) is 6.14. The average Bonchev–Trinajstić information content (AvgIpc) is 2.65. The SMILES string of the molecule is CCCOc1ccc(CCC(=O)N[C@H](Cc2ccccc2)C(=O)O)cc1. The first kappa shape index (κ1) is 19.5. The fourth-order valence-corrected chi connectivity index (χ4v) is 2.55. The van der Waals surface area contributed by atoms with Gasteiger partial charge in [0.15, 0.2) is 0 Å². The maximum absolute atomic E-state index is 12.1. The van der Waals surface area contributed by atoms with Crippen LogP contribution >= 0.6 is 0 Å².